The molecule has 0 spiro atoms. The monoisotopic (exact) mass is 207 g/mol. The highest BCUT2D eigenvalue weighted by Crippen LogP contribution is 2.68. The van der Waals surface area contributed by atoms with Crippen LogP contribution in [0.4, 0.5) is 26.3 Å². The number of nitrogens with two attached hydrogens (primary N) is 1. The van der Waals surface area contributed by atoms with Crippen LogP contribution in [0.25, 0.3) is 0 Å². The highest BCUT2D eigenvalue weighted by molar-refractivity contribution is 5.18. The fraction of sp³-hybridized carbons (Fsp3) is 1.00. The number of alkyl halides is 6. The van der Waals surface area contributed by atoms with E-state index in [-0.39, 0.29) is 0 Å². The Morgan fingerprint density at radius 1 is 1.31 bits per heavy atom. The predicted octanol–water partition coefficient (Wildman–Crippen LogP) is 1.87. The summed E-state index contributed by atoms with van der Waals surface area (Å²) in [7, 11) is 0. The minimum atomic E-state index is -4.72. The average Bonchev–Trinajstić information content (AvgIpc) is 2.55. The first-order valence-electron chi connectivity index (χ1n) is 3.45. The summed E-state index contributed by atoms with van der Waals surface area (Å²) in [6.07, 6.45) is -5.38. The molecule has 1 nitrogen and oxygen atoms in total. The number of rotatable bonds is 3. The van der Waals surface area contributed by atoms with Gasteiger partial charge >= 0.3 is 12.3 Å². The van der Waals surface area contributed by atoms with Crippen molar-refractivity contribution in [1.82, 2.24) is 0 Å². The summed E-state index contributed by atoms with van der Waals surface area (Å²) >= 11 is 0. The van der Waals surface area contributed by atoms with Crippen LogP contribution >= 0.6 is 0 Å². The number of hydrogen-bond donors (Lipinski definition) is 1. The van der Waals surface area contributed by atoms with Gasteiger partial charge < -0.3 is 5.73 Å². The first-order valence-corrected chi connectivity index (χ1v) is 3.45. The summed E-state index contributed by atoms with van der Waals surface area (Å²) in [5.74, 6) is -8.49. The Morgan fingerprint density at radius 2 is 1.69 bits per heavy atom. The van der Waals surface area contributed by atoms with Gasteiger partial charge in [-0.25, -0.2) is 17.6 Å². The van der Waals surface area contributed by atoms with E-state index < -0.39 is 36.7 Å². The van der Waals surface area contributed by atoms with E-state index in [0.717, 1.165) is 0 Å². The molecule has 0 bridgehead atoms. The van der Waals surface area contributed by atoms with Crippen molar-refractivity contribution < 1.29 is 26.3 Å². The maximum absolute atomic E-state index is 12.6. The Labute approximate surface area is 69.9 Å². The van der Waals surface area contributed by atoms with Crippen molar-refractivity contribution in [2.45, 2.75) is 24.7 Å². The summed E-state index contributed by atoms with van der Waals surface area (Å²) in [5, 5.41) is 0. The molecule has 1 aliphatic rings. The summed E-state index contributed by atoms with van der Waals surface area (Å²) in [6, 6.07) is 0. The third-order valence-corrected chi connectivity index (χ3v) is 2.36. The molecule has 0 aromatic heterocycles. The second-order valence-corrected chi connectivity index (χ2v) is 3.09. The number of hydrogen-bond acceptors (Lipinski definition) is 1. The van der Waals surface area contributed by atoms with Gasteiger partial charge in [-0.15, -0.1) is 0 Å². The van der Waals surface area contributed by atoms with E-state index >= 15 is 0 Å². The Kier molecular flexibility index (Phi) is 2.06. The maximum Gasteiger partial charge on any atom is 0.320 e. The van der Waals surface area contributed by atoms with Gasteiger partial charge in [-0.1, -0.05) is 0 Å². The molecule has 78 valence electrons. The van der Waals surface area contributed by atoms with Gasteiger partial charge in [-0.2, -0.15) is 8.78 Å². The van der Waals surface area contributed by atoms with Gasteiger partial charge in [0.1, 0.15) is 5.41 Å². The van der Waals surface area contributed by atoms with E-state index in [9.17, 15) is 26.3 Å². The molecule has 0 saturated heterocycles. The van der Waals surface area contributed by atoms with Gasteiger partial charge in [0, 0.05) is 13.0 Å². The summed E-state index contributed by atoms with van der Waals surface area (Å²) in [6.45, 7) is -1.14. The predicted molar refractivity (Wildman–Crippen MR) is 32.0 cm³/mol. The van der Waals surface area contributed by atoms with Crippen LogP contribution in [0.5, 0.6) is 0 Å². The standard InChI is InChI=1S/C6H7F6N/c7-3(8)6(11,12)4(2-13)1-5(4,9)10/h3H,1-2,13H2. The Hall–Kier alpha value is -0.460. The fourth-order valence-corrected chi connectivity index (χ4v) is 1.26. The van der Waals surface area contributed by atoms with Crippen molar-refractivity contribution in [2.75, 3.05) is 6.54 Å². The fourth-order valence-electron chi connectivity index (χ4n) is 1.26. The van der Waals surface area contributed by atoms with Gasteiger partial charge in [-0.05, 0) is 0 Å². The zero-order valence-electron chi connectivity index (χ0n) is 6.34. The van der Waals surface area contributed by atoms with E-state index in [0.29, 0.717) is 0 Å². The van der Waals surface area contributed by atoms with Crippen LogP contribution in [0, 0.1) is 5.41 Å². The van der Waals surface area contributed by atoms with Crippen LogP contribution in [-0.4, -0.2) is 24.8 Å². The van der Waals surface area contributed by atoms with Crippen LogP contribution in [-0.2, 0) is 0 Å². The molecule has 0 heterocycles. The van der Waals surface area contributed by atoms with Crippen LogP contribution in [0.1, 0.15) is 6.42 Å². The molecule has 0 aromatic rings. The average molecular weight is 207 g/mol. The lowest BCUT2D eigenvalue weighted by atomic mass is 9.98. The molecule has 1 rings (SSSR count). The minimum absolute atomic E-state index is 1.14. The molecule has 1 aliphatic carbocycles. The van der Waals surface area contributed by atoms with E-state index in [1.54, 1.807) is 0 Å². The van der Waals surface area contributed by atoms with Gasteiger partial charge in [-0.3, -0.25) is 0 Å². The molecule has 1 saturated carbocycles. The summed E-state index contributed by atoms with van der Waals surface area (Å²) in [4.78, 5) is 0. The van der Waals surface area contributed by atoms with Gasteiger partial charge in [0.05, 0.1) is 0 Å². The van der Waals surface area contributed by atoms with Crippen LogP contribution in [0.15, 0.2) is 0 Å². The molecule has 1 atom stereocenters. The van der Waals surface area contributed by atoms with E-state index in [4.69, 9.17) is 0 Å². The van der Waals surface area contributed by atoms with E-state index in [1.165, 1.54) is 0 Å². The lowest BCUT2D eigenvalue weighted by Crippen LogP contribution is -2.45. The SMILES string of the molecule is NCC1(C(F)(F)C(F)F)CC1(F)F. The van der Waals surface area contributed by atoms with Gasteiger partial charge in [0.25, 0.3) is 5.92 Å². The Morgan fingerprint density at radius 3 is 1.77 bits per heavy atom. The molecule has 13 heavy (non-hydrogen) atoms. The first kappa shape index (κ1) is 10.6. The molecule has 0 radical (unpaired) electrons. The zero-order valence-corrected chi connectivity index (χ0v) is 6.34. The third-order valence-electron chi connectivity index (χ3n) is 2.36. The van der Waals surface area contributed by atoms with Crippen molar-refractivity contribution in [3.8, 4) is 0 Å². The first-order chi connectivity index (χ1) is 5.71. The van der Waals surface area contributed by atoms with Crippen molar-refractivity contribution in [3.63, 3.8) is 0 Å². The van der Waals surface area contributed by atoms with Crippen molar-refractivity contribution in [1.29, 1.82) is 0 Å². The lowest BCUT2D eigenvalue weighted by Gasteiger charge is -2.24. The maximum atomic E-state index is 12.6. The zero-order chi connectivity index (χ0) is 10.5. The normalized spacial score (nSPS) is 32.3. The largest absolute Gasteiger partial charge is 0.329 e. The number of halogens is 6. The smallest absolute Gasteiger partial charge is 0.320 e. The molecule has 0 aromatic carbocycles. The molecule has 2 N–H and O–H groups in total. The Balaban J connectivity index is 2.93. The summed E-state index contributed by atoms with van der Waals surface area (Å²) < 4.78 is 73.5. The van der Waals surface area contributed by atoms with Gasteiger partial charge in [0.15, 0.2) is 0 Å². The van der Waals surface area contributed by atoms with Crippen molar-refractivity contribution >= 4 is 0 Å². The van der Waals surface area contributed by atoms with Crippen molar-refractivity contribution in [2.24, 2.45) is 11.1 Å². The van der Waals surface area contributed by atoms with E-state index in [2.05, 4.69) is 5.73 Å². The highest BCUT2D eigenvalue weighted by Gasteiger charge is 2.83. The molecule has 0 aliphatic heterocycles. The topological polar surface area (TPSA) is 26.0 Å². The van der Waals surface area contributed by atoms with Crippen LogP contribution < -0.4 is 5.73 Å². The summed E-state index contributed by atoms with van der Waals surface area (Å²) in [5.41, 5.74) is 1.64. The second kappa shape index (κ2) is 2.52. The quantitative estimate of drug-likeness (QED) is 0.702. The molecule has 0 amide bonds. The molecule has 1 unspecified atom stereocenters. The Bertz CT molecular complexity index is 215. The van der Waals surface area contributed by atoms with Gasteiger partial charge in [0.2, 0.25) is 0 Å². The molecule has 7 heteroatoms. The second-order valence-electron chi connectivity index (χ2n) is 3.09. The third kappa shape index (κ3) is 1.13. The lowest BCUT2D eigenvalue weighted by molar-refractivity contribution is -0.195. The highest BCUT2D eigenvalue weighted by atomic mass is 19.3. The molecular weight excluding hydrogens is 200 g/mol. The van der Waals surface area contributed by atoms with Crippen LogP contribution in [0.3, 0.4) is 0 Å². The van der Waals surface area contributed by atoms with Crippen molar-refractivity contribution in [3.05, 3.63) is 0 Å². The molecule has 1 fully saturated rings. The van der Waals surface area contributed by atoms with Crippen LogP contribution in [0.2, 0.25) is 0 Å². The molecular formula is C6H7F6N. The minimum Gasteiger partial charge on any atom is -0.329 e. The van der Waals surface area contributed by atoms with E-state index in [1.807, 2.05) is 0 Å².